The predicted octanol–water partition coefficient (Wildman–Crippen LogP) is 2.38. The highest BCUT2D eigenvalue weighted by molar-refractivity contribution is 5.78. The number of allylic oxidation sites excluding steroid dienone is 1. The first-order valence-corrected chi connectivity index (χ1v) is 6.67. The van der Waals surface area contributed by atoms with Gasteiger partial charge in [0.2, 0.25) is 5.91 Å². The standard InChI is InChI=1S/C14H26N2O/c1-14(2,3)16-11-13(17)15-10-9-12-7-5-4-6-8-12/h7,16H,4-6,8-11H2,1-3H3,(H,15,17). The third-order valence-corrected chi connectivity index (χ3v) is 2.93. The maximum Gasteiger partial charge on any atom is 0.233 e. The topological polar surface area (TPSA) is 41.1 Å². The molecule has 0 spiro atoms. The van der Waals surface area contributed by atoms with E-state index in [0.717, 1.165) is 13.0 Å². The molecule has 2 N–H and O–H groups in total. The van der Waals surface area contributed by atoms with E-state index >= 15 is 0 Å². The van der Waals surface area contributed by atoms with Gasteiger partial charge >= 0.3 is 0 Å². The molecule has 0 aromatic rings. The molecule has 3 heteroatoms. The van der Waals surface area contributed by atoms with Gasteiger partial charge in [0, 0.05) is 12.1 Å². The van der Waals surface area contributed by atoms with Crippen molar-refractivity contribution in [2.75, 3.05) is 13.1 Å². The molecule has 98 valence electrons. The zero-order valence-electron chi connectivity index (χ0n) is 11.4. The Morgan fingerprint density at radius 2 is 2.12 bits per heavy atom. The Hall–Kier alpha value is -0.830. The van der Waals surface area contributed by atoms with E-state index in [-0.39, 0.29) is 11.4 Å². The van der Waals surface area contributed by atoms with Crippen LogP contribution in [-0.2, 0) is 4.79 Å². The van der Waals surface area contributed by atoms with Crippen LogP contribution in [0.15, 0.2) is 11.6 Å². The maximum absolute atomic E-state index is 11.5. The number of carbonyl (C=O) groups is 1. The molecule has 1 aliphatic carbocycles. The SMILES string of the molecule is CC(C)(C)NCC(=O)NCCC1=CCCCC1. The molecule has 1 amide bonds. The van der Waals surface area contributed by atoms with Crippen molar-refractivity contribution in [2.45, 2.75) is 58.4 Å². The first-order valence-electron chi connectivity index (χ1n) is 6.67. The zero-order chi connectivity index (χ0) is 12.7. The highest BCUT2D eigenvalue weighted by Crippen LogP contribution is 2.19. The van der Waals surface area contributed by atoms with Gasteiger partial charge in [-0.3, -0.25) is 4.79 Å². The first kappa shape index (κ1) is 14.2. The average Bonchev–Trinajstić information content (AvgIpc) is 2.27. The molecule has 0 saturated heterocycles. The third-order valence-electron chi connectivity index (χ3n) is 2.93. The van der Waals surface area contributed by atoms with Crippen molar-refractivity contribution in [3.63, 3.8) is 0 Å². The van der Waals surface area contributed by atoms with Gasteiger partial charge in [-0.2, -0.15) is 0 Å². The molecule has 0 radical (unpaired) electrons. The Morgan fingerprint density at radius 3 is 2.71 bits per heavy atom. The molecule has 1 aliphatic rings. The molecule has 0 saturated carbocycles. The number of rotatable bonds is 5. The number of hydrogen-bond acceptors (Lipinski definition) is 2. The summed E-state index contributed by atoms with van der Waals surface area (Å²) in [6.45, 7) is 7.37. The fourth-order valence-electron chi connectivity index (χ4n) is 1.90. The lowest BCUT2D eigenvalue weighted by atomic mass is 9.97. The summed E-state index contributed by atoms with van der Waals surface area (Å²) in [5.74, 6) is 0.0938. The summed E-state index contributed by atoms with van der Waals surface area (Å²) >= 11 is 0. The molecule has 0 unspecified atom stereocenters. The molecule has 0 fully saturated rings. The molecule has 0 aliphatic heterocycles. The lowest BCUT2D eigenvalue weighted by molar-refractivity contribution is -0.120. The second kappa shape index (κ2) is 6.80. The number of nitrogens with one attached hydrogen (secondary N) is 2. The van der Waals surface area contributed by atoms with Crippen molar-refractivity contribution in [3.8, 4) is 0 Å². The van der Waals surface area contributed by atoms with Gasteiger partial charge in [-0.1, -0.05) is 11.6 Å². The van der Waals surface area contributed by atoms with E-state index in [1.54, 1.807) is 0 Å². The van der Waals surface area contributed by atoms with E-state index in [2.05, 4.69) is 37.5 Å². The molecule has 3 nitrogen and oxygen atoms in total. The van der Waals surface area contributed by atoms with E-state index < -0.39 is 0 Å². The van der Waals surface area contributed by atoms with Crippen LogP contribution >= 0.6 is 0 Å². The van der Waals surface area contributed by atoms with Crippen LogP contribution in [0.4, 0.5) is 0 Å². The van der Waals surface area contributed by atoms with Crippen LogP contribution in [0.1, 0.15) is 52.9 Å². The minimum Gasteiger partial charge on any atom is -0.355 e. The summed E-state index contributed by atoms with van der Waals surface area (Å²) in [6.07, 6.45) is 8.42. The van der Waals surface area contributed by atoms with E-state index in [1.807, 2.05) is 0 Å². The lowest BCUT2D eigenvalue weighted by Gasteiger charge is -2.20. The van der Waals surface area contributed by atoms with Crippen LogP contribution in [0.5, 0.6) is 0 Å². The predicted molar refractivity (Wildman–Crippen MR) is 71.9 cm³/mol. The van der Waals surface area contributed by atoms with Gasteiger partial charge in [0.25, 0.3) is 0 Å². The molecule has 0 heterocycles. The van der Waals surface area contributed by atoms with Gasteiger partial charge < -0.3 is 10.6 Å². The second-order valence-corrected chi connectivity index (χ2v) is 5.81. The first-order chi connectivity index (χ1) is 7.97. The fourth-order valence-corrected chi connectivity index (χ4v) is 1.90. The summed E-state index contributed by atoms with van der Waals surface area (Å²) in [6, 6.07) is 0. The second-order valence-electron chi connectivity index (χ2n) is 5.81. The van der Waals surface area contributed by atoms with E-state index in [0.29, 0.717) is 6.54 Å². The van der Waals surface area contributed by atoms with Crippen LogP contribution < -0.4 is 10.6 Å². The Labute approximate surface area is 105 Å². The zero-order valence-corrected chi connectivity index (χ0v) is 11.4. The number of carbonyl (C=O) groups excluding carboxylic acids is 1. The number of amides is 1. The third kappa shape index (κ3) is 7.16. The van der Waals surface area contributed by atoms with Crippen LogP contribution in [-0.4, -0.2) is 24.5 Å². The molecule has 0 bridgehead atoms. The minimum absolute atomic E-state index is 0.00321. The summed E-state index contributed by atoms with van der Waals surface area (Å²) in [4.78, 5) is 11.5. The van der Waals surface area contributed by atoms with Gasteiger partial charge in [-0.15, -0.1) is 0 Å². The van der Waals surface area contributed by atoms with Gasteiger partial charge in [-0.05, 0) is 52.9 Å². The molecule has 17 heavy (non-hydrogen) atoms. The average molecular weight is 238 g/mol. The molecular formula is C14H26N2O. The minimum atomic E-state index is 0.00321. The highest BCUT2D eigenvalue weighted by atomic mass is 16.1. The fraction of sp³-hybridized carbons (Fsp3) is 0.786. The monoisotopic (exact) mass is 238 g/mol. The Morgan fingerprint density at radius 1 is 1.35 bits per heavy atom. The molecule has 0 aromatic carbocycles. The van der Waals surface area contributed by atoms with Crippen LogP contribution in [0.3, 0.4) is 0 Å². The Kier molecular flexibility index (Phi) is 5.69. The summed E-state index contributed by atoms with van der Waals surface area (Å²) < 4.78 is 0. The van der Waals surface area contributed by atoms with Crippen molar-refractivity contribution in [2.24, 2.45) is 0 Å². The summed E-state index contributed by atoms with van der Waals surface area (Å²) in [7, 11) is 0. The van der Waals surface area contributed by atoms with Crippen molar-refractivity contribution in [1.82, 2.24) is 10.6 Å². The van der Waals surface area contributed by atoms with Gasteiger partial charge in [0.1, 0.15) is 0 Å². The van der Waals surface area contributed by atoms with E-state index in [9.17, 15) is 4.79 Å². The van der Waals surface area contributed by atoms with Crippen molar-refractivity contribution in [3.05, 3.63) is 11.6 Å². The smallest absolute Gasteiger partial charge is 0.233 e. The van der Waals surface area contributed by atoms with Gasteiger partial charge in [-0.25, -0.2) is 0 Å². The van der Waals surface area contributed by atoms with E-state index in [1.165, 1.54) is 31.3 Å². The van der Waals surface area contributed by atoms with Gasteiger partial charge in [0.05, 0.1) is 6.54 Å². The Balaban J connectivity index is 2.09. The molecule has 1 rings (SSSR count). The lowest BCUT2D eigenvalue weighted by Crippen LogP contribution is -2.43. The molecule has 0 aromatic heterocycles. The molecular weight excluding hydrogens is 212 g/mol. The summed E-state index contributed by atoms with van der Waals surface area (Å²) in [5, 5.41) is 6.14. The van der Waals surface area contributed by atoms with Crippen molar-refractivity contribution < 1.29 is 4.79 Å². The largest absolute Gasteiger partial charge is 0.355 e. The molecule has 0 atom stereocenters. The quantitative estimate of drug-likeness (QED) is 0.722. The van der Waals surface area contributed by atoms with Crippen molar-refractivity contribution >= 4 is 5.91 Å². The maximum atomic E-state index is 11.5. The number of hydrogen-bond donors (Lipinski definition) is 2. The van der Waals surface area contributed by atoms with Crippen LogP contribution in [0, 0.1) is 0 Å². The Bertz CT molecular complexity index is 276. The normalized spacial score (nSPS) is 16.5. The highest BCUT2D eigenvalue weighted by Gasteiger charge is 2.11. The van der Waals surface area contributed by atoms with Crippen LogP contribution in [0.25, 0.3) is 0 Å². The van der Waals surface area contributed by atoms with Gasteiger partial charge in [0.15, 0.2) is 0 Å². The summed E-state index contributed by atoms with van der Waals surface area (Å²) in [5.41, 5.74) is 1.52. The van der Waals surface area contributed by atoms with Crippen molar-refractivity contribution in [1.29, 1.82) is 0 Å². The van der Waals surface area contributed by atoms with Crippen LogP contribution in [0.2, 0.25) is 0 Å². The van der Waals surface area contributed by atoms with E-state index in [4.69, 9.17) is 0 Å².